The van der Waals surface area contributed by atoms with E-state index in [4.69, 9.17) is 0 Å². The van der Waals surface area contributed by atoms with E-state index in [-0.39, 0.29) is 23.1 Å². The van der Waals surface area contributed by atoms with Crippen molar-refractivity contribution in [1.29, 1.82) is 0 Å². The highest BCUT2D eigenvalue weighted by Gasteiger charge is 2.25. The van der Waals surface area contributed by atoms with Crippen LogP contribution in [0.3, 0.4) is 0 Å². The Morgan fingerprint density at radius 2 is 1.12 bits per heavy atom. The van der Waals surface area contributed by atoms with E-state index in [0.717, 1.165) is 76.6 Å². The summed E-state index contributed by atoms with van der Waals surface area (Å²) in [7, 11) is 0. The highest BCUT2D eigenvalue weighted by molar-refractivity contribution is 5.94. The molecule has 4 rings (SSSR count). The van der Waals surface area contributed by atoms with Crippen molar-refractivity contribution >= 4 is 17.7 Å². The lowest BCUT2D eigenvalue weighted by Gasteiger charge is -2.37. The molecule has 0 radical (unpaired) electrons. The minimum absolute atomic E-state index is 0.0589. The summed E-state index contributed by atoms with van der Waals surface area (Å²) >= 11 is 0. The molecule has 0 aliphatic carbocycles. The summed E-state index contributed by atoms with van der Waals surface area (Å²) < 4.78 is 0. The standard InChI is InChI=1S/C33H48N6O3/c1-26(40)35-24-28-7-11-30(12-8-28)31(41)38-19-15-36(16-20-38)14-13-34-23-27-5-9-29(10-6-27)32(42)39-21-17-37(18-22-39)25-33(2,3)4/h5-12,34H,13-25H2,1-4H3,(H,35,40). The Hall–Kier alpha value is -3.27. The third kappa shape index (κ3) is 9.64. The summed E-state index contributed by atoms with van der Waals surface area (Å²) in [6, 6.07) is 15.5. The van der Waals surface area contributed by atoms with Crippen LogP contribution in [-0.4, -0.2) is 109 Å². The fraction of sp³-hybridized carbons (Fsp3) is 0.545. The Labute approximate surface area is 251 Å². The number of rotatable bonds is 10. The van der Waals surface area contributed by atoms with Gasteiger partial charge in [0.15, 0.2) is 0 Å². The van der Waals surface area contributed by atoms with Gasteiger partial charge in [-0.1, -0.05) is 45.0 Å². The summed E-state index contributed by atoms with van der Waals surface area (Å²) in [5, 5.41) is 6.29. The van der Waals surface area contributed by atoms with Gasteiger partial charge in [-0.2, -0.15) is 0 Å². The van der Waals surface area contributed by atoms with Gasteiger partial charge in [0.1, 0.15) is 0 Å². The highest BCUT2D eigenvalue weighted by atomic mass is 16.2. The molecule has 2 aliphatic heterocycles. The summed E-state index contributed by atoms with van der Waals surface area (Å²) in [6.07, 6.45) is 0. The van der Waals surface area contributed by atoms with Crippen molar-refractivity contribution in [2.24, 2.45) is 5.41 Å². The van der Waals surface area contributed by atoms with E-state index in [2.05, 4.69) is 41.2 Å². The predicted octanol–water partition coefficient (Wildman–Crippen LogP) is 2.67. The number of nitrogens with zero attached hydrogens (tertiary/aromatic N) is 4. The van der Waals surface area contributed by atoms with Crippen LogP contribution in [0.25, 0.3) is 0 Å². The van der Waals surface area contributed by atoms with Crippen molar-refractivity contribution < 1.29 is 14.4 Å². The fourth-order valence-electron chi connectivity index (χ4n) is 5.55. The molecule has 0 spiro atoms. The summed E-state index contributed by atoms with van der Waals surface area (Å²) in [6.45, 7) is 18.9. The molecule has 0 aromatic heterocycles. The lowest BCUT2D eigenvalue weighted by atomic mass is 9.96. The van der Waals surface area contributed by atoms with E-state index < -0.39 is 0 Å². The molecule has 0 unspecified atom stereocenters. The summed E-state index contributed by atoms with van der Waals surface area (Å²) in [4.78, 5) is 45.7. The van der Waals surface area contributed by atoms with Crippen LogP contribution in [0.2, 0.25) is 0 Å². The number of carbonyl (C=O) groups is 3. The van der Waals surface area contributed by atoms with Gasteiger partial charge in [0.25, 0.3) is 11.8 Å². The molecule has 228 valence electrons. The number of hydrogen-bond donors (Lipinski definition) is 2. The second kappa shape index (κ2) is 14.8. The number of amides is 3. The highest BCUT2D eigenvalue weighted by Crippen LogP contribution is 2.18. The van der Waals surface area contributed by atoms with Gasteiger partial charge < -0.3 is 20.4 Å². The first-order chi connectivity index (χ1) is 20.1. The van der Waals surface area contributed by atoms with Crippen LogP contribution in [0.5, 0.6) is 0 Å². The first-order valence-corrected chi connectivity index (χ1v) is 15.2. The summed E-state index contributed by atoms with van der Waals surface area (Å²) in [5.41, 5.74) is 3.86. The Balaban J connectivity index is 1.11. The van der Waals surface area contributed by atoms with Gasteiger partial charge in [-0.3, -0.25) is 24.2 Å². The van der Waals surface area contributed by atoms with Crippen LogP contribution in [0, 0.1) is 5.41 Å². The van der Waals surface area contributed by atoms with Crippen molar-refractivity contribution in [3.8, 4) is 0 Å². The Morgan fingerprint density at radius 1 is 0.667 bits per heavy atom. The van der Waals surface area contributed by atoms with E-state index in [1.54, 1.807) is 0 Å². The lowest BCUT2D eigenvalue weighted by molar-refractivity contribution is -0.119. The third-order valence-electron chi connectivity index (χ3n) is 7.89. The van der Waals surface area contributed by atoms with Gasteiger partial charge in [-0.25, -0.2) is 0 Å². The molecule has 2 saturated heterocycles. The molecule has 42 heavy (non-hydrogen) atoms. The van der Waals surface area contributed by atoms with Crippen molar-refractivity contribution in [2.45, 2.75) is 40.8 Å². The minimum atomic E-state index is -0.0678. The maximum Gasteiger partial charge on any atom is 0.253 e. The maximum atomic E-state index is 13.0. The molecular formula is C33H48N6O3. The number of nitrogens with one attached hydrogen (secondary N) is 2. The van der Waals surface area contributed by atoms with Crippen LogP contribution in [0.1, 0.15) is 59.5 Å². The van der Waals surface area contributed by atoms with E-state index in [1.807, 2.05) is 58.3 Å². The van der Waals surface area contributed by atoms with Crippen molar-refractivity contribution in [3.05, 3.63) is 70.8 Å². The van der Waals surface area contributed by atoms with Gasteiger partial charge in [0.05, 0.1) is 0 Å². The van der Waals surface area contributed by atoms with Crippen molar-refractivity contribution in [3.63, 3.8) is 0 Å². The quantitative estimate of drug-likeness (QED) is 0.423. The fourth-order valence-corrected chi connectivity index (χ4v) is 5.55. The molecule has 0 bridgehead atoms. The molecule has 3 amide bonds. The zero-order valence-electron chi connectivity index (χ0n) is 25.8. The van der Waals surface area contributed by atoms with Crippen molar-refractivity contribution in [1.82, 2.24) is 30.2 Å². The predicted molar refractivity (Wildman–Crippen MR) is 166 cm³/mol. The van der Waals surface area contributed by atoms with Gasteiger partial charge in [0.2, 0.25) is 5.91 Å². The maximum absolute atomic E-state index is 13.0. The normalized spacial score (nSPS) is 16.9. The second-order valence-corrected chi connectivity index (χ2v) is 12.7. The SMILES string of the molecule is CC(=O)NCc1ccc(C(=O)N2CCN(CCNCc3ccc(C(=O)N4CCN(CC(C)(C)C)CC4)cc3)CC2)cc1. The zero-order valence-corrected chi connectivity index (χ0v) is 25.8. The molecule has 2 N–H and O–H groups in total. The van der Waals surface area contributed by atoms with E-state index >= 15 is 0 Å². The van der Waals surface area contributed by atoms with E-state index in [9.17, 15) is 14.4 Å². The Kier molecular flexibility index (Phi) is 11.1. The van der Waals surface area contributed by atoms with Crippen LogP contribution in [-0.2, 0) is 17.9 Å². The third-order valence-corrected chi connectivity index (χ3v) is 7.89. The minimum Gasteiger partial charge on any atom is -0.352 e. The molecule has 2 heterocycles. The average molecular weight is 577 g/mol. The first-order valence-electron chi connectivity index (χ1n) is 15.2. The molecule has 2 aliphatic rings. The Morgan fingerprint density at radius 3 is 1.57 bits per heavy atom. The molecule has 2 fully saturated rings. The van der Waals surface area contributed by atoms with Gasteiger partial charge in [-0.15, -0.1) is 0 Å². The van der Waals surface area contributed by atoms with E-state index in [0.29, 0.717) is 25.2 Å². The summed E-state index contributed by atoms with van der Waals surface area (Å²) in [5.74, 6) is 0.117. The topological polar surface area (TPSA) is 88.2 Å². The average Bonchev–Trinajstić information content (AvgIpc) is 2.98. The van der Waals surface area contributed by atoms with Gasteiger partial charge >= 0.3 is 0 Å². The van der Waals surface area contributed by atoms with Gasteiger partial charge in [-0.05, 0) is 40.8 Å². The number of benzene rings is 2. The molecular weight excluding hydrogens is 528 g/mol. The second-order valence-electron chi connectivity index (χ2n) is 12.7. The molecule has 0 saturated carbocycles. The van der Waals surface area contributed by atoms with Crippen LogP contribution in [0.4, 0.5) is 0 Å². The van der Waals surface area contributed by atoms with Crippen LogP contribution in [0.15, 0.2) is 48.5 Å². The smallest absolute Gasteiger partial charge is 0.253 e. The number of carbonyl (C=O) groups excluding carboxylic acids is 3. The van der Waals surface area contributed by atoms with Gasteiger partial charge in [0, 0.05) is 103 Å². The molecule has 9 heteroatoms. The largest absolute Gasteiger partial charge is 0.352 e. The van der Waals surface area contributed by atoms with Crippen LogP contribution < -0.4 is 10.6 Å². The molecule has 2 aromatic carbocycles. The lowest BCUT2D eigenvalue weighted by Crippen LogP contribution is -2.50. The van der Waals surface area contributed by atoms with Crippen molar-refractivity contribution in [2.75, 3.05) is 72.0 Å². The zero-order chi connectivity index (χ0) is 30.1. The first kappa shape index (κ1) is 31.7. The molecule has 2 aromatic rings. The van der Waals surface area contributed by atoms with Crippen LogP contribution >= 0.6 is 0 Å². The number of piperazine rings is 2. The Bertz CT molecular complexity index is 1180. The molecule has 0 atom stereocenters. The number of hydrogen-bond acceptors (Lipinski definition) is 6. The monoisotopic (exact) mass is 576 g/mol. The van der Waals surface area contributed by atoms with E-state index in [1.165, 1.54) is 12.5 Å². The molecule has 9 nitrogen and oxygen atoms in total.